The molecule has 10 heteroatoms. The molecule has 0 unspecified atom stereocenters. The summed E-state index contributed by atoms with van der Waals surface area (Å²) < 4.78 is 6.08. The van der Waals surface area contributed by atoms with Gasteiger partial charge in [-0.25, -0.2) is 9.78 Å². The third kappa shape index (κ3) is 3.75. The summed E-state index contributed by atoms with van der Waals surface area (Å²) in [5.74, 6) is -0.847. The van der Waals surface area contributed by atoms with Crippen LogP contribution in [0.2, 0.25) is 0 Å². The van der Waals surface area contributed by atoms with Crippen molar-refractivity contribution in [1.82, 2.24) is 10.3 Å². The van der Waals surface area contributed by atoms with Crippen molar-refractivity contribution in [3.63, 3.8) is 0 Å². The molecular formula is C24H35BrN4O4S. The van der Waals surface area contributed by atoms with Gasteiger partial charge in [0.1, 0.15) is 16.0 Å². The van der Waals surface area contributed by atoms with Gasteiger partial charge in [-0.2, -0.15) is 0 Å². The van der Waals surface area contributed by atoms with Crippen LogP contribution in [0.3, 0.4) is 0 Å². The molecule has 3 fully saturated rings. The molecule has 0 aromatic carbocycles. The first-order chi connectivity index (χ1) is 15.9. The average molecular weight is 556 g/mol. The van der Waals surface area contributed by atoms with Gasteiger partial charge in [0.05, 0.1) is 15.4 Å². The summed E-state index contributed by atoms with van der Waals surface area (Å²) in [6.07, 6.45) is 7.77. The van der Waals surface area contributed by atoms with Gasteiger partial charge >= 0.3 is 6.09 Å². The molecule has 2 bridgehead atoms. The van der Waals surface area contributed by atoms with E-state index in [1.165, 1.54) is 11.3 Å². The zero-order valence-electron chi connectivity index (χ0n) is 20.1. The van der Waals surface area contributed by atoms with Crippen LogP contribution in [0.5, 0.6) is 0 Å². The first-order valence-corrected chi connectivity index (χ1v) is 13.7. The molecule has 1 spiro atoms. The summed E-state index contributed by atoms with van der Waals surface area (Å²) in [6.45, 7) is 5.95. The maximum absolute atomic E-state index is 13.4. The molecule has 3 aliphatic carbocycles. The predicted molar refractivity (Wildman–Crippen MR) is 133 cm³/mol. The monoisotopic (exact) mass is 554 g/mol. The number of alkyl carbamates (subject to hydrolysis) is 1. The van der Waals surface area contributed by atoms with Crippen molar-refractivity contribution in [2.75, 3.05) is 6.54 Å². The van der Waals surface area contributed by atoms with Crippen LogP contribution in [0.1, 0.15) is 77.1 Å². The summed E-state index contributed by atoms with van der Waals surface area (Å²) in [6, 6.07) is 0. The summed E-state index contributed by atoms with van der Waals surface area (Å²) in [4.78, 5) is 43.2. The average Bonchev–Trinajstić information content (AvgIpc) is 3.19. The van der Waals surface area contributed by atoms with Crippen molar-refractivity contribution >= 4 is 45.2 Å². The molecule has 3 amide bonds. The Morgan fingerprint density at radius 1 is 1.15 bits per heavy atom. The molecule has 34 heavy (non-hydrogen) atoms. The Kier molecular flexibility index (Phi) is 6.55. The highest BCUT2D eigenvalue weighted by Gasteiger charge is 2.84. The number of hydrogen-bond acceptors (Lipinski definition) is 6. The Morgan fingerprint density at radius 3 is 2.35 bits per heavy atom. The normalized spacial score (nSPS) is 30.9. The number of amides is 3. The second-order valence-corrected chi connectivity index (χ2v) is 13.5. The largest absolute Gasteiger partial charge is 0.444 e. The molecule has 3 aliphatic rings. The standard InChI is InChI=1S/C24H35BrN4O4S/c1-21(2,3)33-20(32)28-12-6-4-5-9-23(17(26)30)14-7-8-15(22(14)10-11-22)24(23,18(27)31)19-29-13-16(25)34-19/h13-15H,4-12H2,1-3H3,(H2,26,30)(H2,27,31)(H,28,32)/t14-,15+,23+,24-/m1/s1. The van der Waals surface area contributed by atoms with Crippen LogP contribution in [0, 0.1) is 22.7 Å². The van der Waals surface area contributed by atoms with E-state index in [4.69, 9.17) is 16.2 Å². The molecule has 1 heterocycles. The first kappa shape index (κ1) is 25.4. The smallest absolute Gasteiger partial charge is 0.407 e. The van der Waals surface area contributed by atoms with E-state index in [-0.39, 0.29) is 17.3 Å². The van der Waals surface area contributed by atoms with Crippen molar-refractivity contribution in [1.29, 1.82) is 0 Å². The van der Waals surface area contributed by atoms with E-state index in [1.807, 2.05) is 20.8 Å². The van der Waals surface area contributed by atoms with E-state index < -0.39 is 34.3 Å². The van der Waals surface area contributed by atoms with E-state index in [9.17, 15) is 14.4 Å². The summed E-state index contributed by atoms with van der Waals surface area (Å²) in [5.41, 5.74) is 9.65. The lowest BCUT2D eigenvalue weighted by atomic mass is 9.53. The molecule has 4 rings (SSSR count). The fourth-order valence-electron chi connectivity index (χ4n) is 7.31. The number of unbranched alkanes of at least 4 members (excludes halogenated alkanes) is 2. The zero-order valence-corrected chi connectivity index (χ0v) is 22.5. The van der Waals surface area contributed by atoms with Crippen molar-refractivity contribution < 1.29 is 19.1 Å². The van der Waals surface area contributed by atoms with Crippen molar-refractivity contribution in [2.24, 2.45) is 34.1 Å². The third-order valence-corrected chi connectivity index (χ3v) is 9.95. The number of carbonyl (C=O) groups is 3. The highest BCUT2D eigenvalue weighted by molar-refractivity contribution is 9.11. The van der Waals surface area contributed by atoms with Crippen molar-refractivity contribution in [3.05, 3.63) is 15.0 Å². The molecule has 188 valence electrons. The molecular weight excluding hydrogens is 520 g/mol. The van der Waals surface area contributed by atoms with Gasteiger partial charge in [-0.15, -0.1) is 11.3 Å². The van der Waals surface area contributed by atoms with E-state index >= 15 is 0 Å². The van der Waals surface area contributed by atoms with Gasteiger partial charge in [-0.05, 0) is 92.5 Å². The molecule has 0 aliphatic heterocycles. The van der Waals surface area contributed by atoms with Gasteiger partial charge < -0.3 is 21.5 Å². The summed E-state index contributed by atoms with van der Waals surface area (Å²) in [5, 5.41) is 3.39. The number of nitrogens with zero attached hydrogens (tertiary/aromatic N) is 1. The van der Waals surface area contributed by atoms with Crippen LogP contribution in [0.15, 0.2) is 9.98 Å². The molecule has 0 saturated heterocycles. The molecule has 5 N–H and O–H groups in total. The number of thiazole rings is 1. The Morgan fingerprint density at radius 2 is 1.82 bits per heavy atom. The minimum atomic E-state index is -1.16. The lowest BCUT2D eigenvalue weighted by molar-refractivity contribution is -0.147. The molecule has 8 nitrogen and oxygen atoms in total. The number of aromatic nitrogens is 1. The number of halogens is 1. The maximum Gasteiger partial charge on any atom is 0.407 e. The van der Waals surface area contributed by atoms with Gasteiger partial charge in [-0.3, -0.25) is 9.59 Å². The Labute approximate surface area is 213 Å². The topological polar surface area (TPSA) is 137 Å². The molecule has 0 radical (unpaired) electrons. The number of nitrogens with one attached hydrogen (secondary N) is 1. The SMILES string of the molecule is CC(C)(C)OC(=O)NCCCCC[C@@]1(C(N)=O)[C@@H]2CC[C@@H](C23CC3)[C@@]1(C(N)=O)c1ncc(Br)s1. The first-order valence-electron chi connectivity index (χ1n) is 12.1. The van der Waals surface area contributed by atoms with Gasteiger partial charge in [0.2, 0.25) is 11.8 Å². The number of nitrogens with two attached hydrogens (primary N) is 2. The quantitative estimate of drug-likeness (QED) is 0.396. The minimum Gasteiger partial charge on any atom is -0.444 e. The van der Waals surface area contributed by atoms with Gasteiger partial charge in [0.15, 0.2) is 0 Å². The second kappa shape index (κ2) is 8.76. The summed E-state index contributed by atoms with van der Waals surface area (Å²) in [7, 11) is 0. The van der Waals surface area contributed by atoms with Crippen molar-refractivity contribution in [3.8, 4) is 0 Å². The lowest BCUT2D eigenvalue weighted by Crippen LogP contribution is -2.63. The highest BCUT2D eigenvalue weighted by atomic mass is 79.9. The maximum atomic E-state index is 13.4. The third-order valence-electron chi connectivity index (χ3n) is 8.34. The Hall–Kier alpha value is -1.68. The fourth-order valence-corrected chi connectivity index (χ4v) is 8.85. The van der Waals surface area contributed by atoms with Gasteiger partial charge in [-0.1, -0.05) is 12.8 Å². The number of primary amides is 2. The van der Waals surface area contributed by atoms with Crippen LogP contribution < -0.4 is 16.8 Å². The second-order valence-electron chi connectivity index (χ2n) is 11.1. The number of ether oxygens (including phenoxy) is 1. The van der Waals surface area contributed by atoms with Gasteiger partial charge in [0.25, 0.3) is 0 Å². The molecule has 1 aromatic rings. The van der Waals surface area contributed by atoms with E-state index in [1.54, 1.807) is 6.20 Å². The zero-order chi connectivity index (χ0) is 24.9. The van der Waals surface area contributed by atoms with Crippen LogP contribution in [0.4, 0.5) is 4.79 Å². The molecule has 1 aromatic heterocycles. The Balaban J connectivity index is 1.54. The Bertz CT molecular complexity index is 988. The number of carbonyl (C=O) groups excluding carboxylic acids is 3. The van der Waals surface area contributed by atoms with E-state index in [0.717, 1.165) is 42.3 Å². The highest BCUT2D eigenvalue weighted by Crippen LogP contribution is 2.83. The summed E-state index contributed by atoms with van der Waals surface area (Å²) >= 11 is 4.87. The molecule has 4 atom stereocenters. The van der Waals surface area contributed by atoms with Gasteiger partial charge in [0, 0.05) is 6.54 Å². The van der Waals surface area contributed by atoms with E-state index in [2.05, 4.69) is 26.2 Å². The van der Waals surface area contributed by atoms with Crippen LogP contribution in [-0.4, -0.2) is 35.0 Å². The molecule has 3 saturated carbocycles. The van der Waals surface area contributed by atoms with Crippen molar-refractivity contribution in [2.45, 2.75) is 83.2 Å². The predicted octanol–water partition coefficient (Wildman–Crippen LogP) is 4.01. The number of hydrogen-bond donors (Lipinski definition) is 3. The van der Waals surface area contributed by atoms with Crippen LogP contribution in [0.25, 0.3) is 0 Å². The fraction of sp³-hybridized carbons (Fsp3) is 0.750. The number of rotatable bonds is 9. The van der Waals surface area contributed by atoms with Crippen LogP contribution in [-0.2, 0) is 19.7 Å². The minimum absolute atomic E-state index is 0.00175. The van der Waals surface area contributed by atoms with E-state index in [0.29, 0.717) is 24.4 Å². The lowest BCUT2D eigenvalue weighted by Gasteiger charge is -2.48. The van der Waals surface area contributed by atoms with Crippen LogP contribution >= 0.6 is 27.3 Å².